The summed E-state index contributed by atoms with van der Waals surface area (Å²) in [5.74, 6) is 0. The lowest BCUT2D eigenvalue weighted by molar-refractivity contribution is 0.843. The number of pyridine rings is 1. The van der Waals surface area contributed by atoms with Crippen LogP contribution >= 0.6 is 0 Å². The highest BCUT2D eigenvalue weighted by atomic mass is 16.1. The molecule has 3 aromatic rings. The predicted octanol–water partition coefficient (Wildman–Crippen LogP) is 2.93. The molecule has 112 valence electrons. The molecular weight excluding hydrogens is 276 g/mol. The van der Waals surface area contributed by atoms with E-state index in [1.165, 1.54) is 0 Å². The van der Waals surface area contributed by atoms with Crippen molar-refractivity contribution in [3.05, 3.63) is 58.3 Å². The van der Waals surface area contributed by atoms with Gasteiger partial charge in [-0.3, -0.25) is 14.1 Å². The first-order chi connectivity index (χ1) is 10.6. The topological polar surface area (TPSA) is 63.6 Å². The lowest BCUT2D eigenvalue weighted by Gasteiger charge is -2.03. The Hall–Kier alpha value is -2.87. The molecule has 2 aromatic heterocycles. The van der Waals surface area contributed by atoms with Gasteiger partial charge in [0.15, 0.2) is 0 Å². The van der Waals surface area contributed by atoms with Crippen molar-refractivity contribution in [1.29, 1.82) is 5.26 Å². The summed E-state index contributed by atoms with van der Waals surface area (Å²) in [5.41, 5.74) is 3.45. The molecule has 0 aliphatic rings. The molecule has 5 heteroatoms. The Balaban J connectivity index is 0.000000847. The Labute approximate surface area is 129 Å². The summed E-state index contributed by atoms with van der Waals surface area (Å²) < 4.78 is 3.14. The maximum absolute atomic E-state index is 12.4. The van der Waals surface area contributed by atoms with E-state index in [4.69, 9.17) is 5.26 Å². The molecule has 0 bridgehead atoms. The molecular formula is C17H18N4O. The van der Waals surface area contributed by atoms with Crippen LogP contribution in [-0.4, -0.2) is 14.1 Å². The number of rotatable bonds is 1. The Morgan fingerprint density at radius 2 is 1.86 bits per heavy atom. The predicted molar refractivity (Wildman–Crippen MR) is 87.1 cm³/mol. The third-order valence-corrected chi connectivity index (χ3v) is 3.34. The molecule has 0 N–H and O–H groups in total. The van der Waals surface area contributed by atoms with Crippen LogP contribution in [0.15, 0.2) is 41.3 Å². The van der Waals surface area contributed by atoms with Crippen LogP contribution in [0.3, 0.4) is 0 Å². The van der Waals surface area contributed by atoms with Crippen LogP contribution in [0, 0.1) is 18.3 Å². The van der Waals surface area contributed by atoms with Crippen molar-refractivity contribution >= 4 is 11.0 Å². The lowest BCUT2D eigenvalue weighted by Crippen LogP contribution is -2.20. The Kier molecular flexibility index (Phi) is 4.42. The monoisotopic (exact) mass is 294 g/mol. The third-order valence-electron chi connectivity index (χ3n) is 3.34. The van der Waals surface area contributed by atoms with Crippen LogP contribution in [0.5, 0.6) is 0 Å². The molecule has 2 heterocycles. The van der Waals surface area contributed by atoms with Crippen molar-refractivity contribution < 1.29 is 0 Å². The largest absolute Gasteiger partial charge is 0.333 e. The van der Waals surface area contributed by atoms with Crippen molar-refractivity contribution in [2.24, 2.45) is 7.05 Å². The highest BCUT2D eigenvalue weighted by molar-refractivity contribution is 5.79. The fourth-order valence-corrected chi connectivity index (χ4v) is 2.25. The van der Waals surface area contributed by atoms with Crippen LogP contribution in [0.1, 0.15) is 25.1 Å². The second-order valence-corrected chi connectivity index (χ2v) is 4.65. The fraction of sp³-hybridized carbons (Fsp3) is 0.235. The van der Waals surface area contributed by atoms with E-state index in [1.807, 2.05) is 32.9 Å². The molecule has 0 unspecified atom stereocenters. The number of hydrogen-bond donors (Lipinski definition) is 0. The standard InChI is InChI=1S/C15H12N4O.C2H6/c1-10-3-5-12(9-17-10)19-14-7-11(8-16)4-6-13(14)18(2)15(19)20;1-2/h3-7,9H,1-2H3;1-2H3. The van der Waals surface area contributed by atoms with Gasteiger partial charge < -0.3 is 0 Å². The van der Waals surface area contributed by atoms with Gasteiger partial charge in [0.2, 0.25) is 0 Å². The summed E-state index contributed by atoms with van der Waals surface area (Å²) in [4.78, 5) is 16.6. The zero-order valence-electron chi connectivity index (χ0n) is 13.2. The van der Waals surface area contributed by atoms with Crippen LogP contribution in [0.2, 0.25) is 0 Å². The second-order valence-electron chi connectivity index (χ2n) is 4.65. The Morgan fingerprint density at radius 1 is 1.14 bits per heavy atom. The molecule has 0 aliphatic carbocycles. The van der Waals surface area contributed by atoms with Gasteiger partial charge in [-0.05, 0) is 37.3 Å². The van der Waals surface area contributed by atoms with Crippen molar-refractivity contribution in [2.45, 2.75) is 20.8 Å². The first-order valence-electron chi connectivity index (χ1n) is 7.16. The normalized spacial score (nSPS) is 9.95. The highest BCUT2D eigenvalue weighted by Crippen LogP contribution is 2.18. The fourth-order valence-electron chi connectivity index (χ4n) is 2.25. The summed E-state index contributed by atoms with van der Waals surface area (Å²) >= 11 is 0. The van der Waals surface area contributed by atoms with E-state index in [9.17, 15) is 4.79 Å². The number of imidazole rings is 1. The number of aryl methyl sites for hydroxylation is 2. The van der Waals surface area contributed by atoms with Gasteiger partial charge in [-0.1, -0.05) is 13.8 Å². The SMILES string of the molecule is CC.Cc1ccc(-n2c(=O)n(C)c3ccc(C#N)cc32)cn1. The maximum atomic E-state index is 12.4. The number of hydrogen-bond acceptors (Lipinski definition) is 3. The van der Waals surface area contributed by atoms with Gasteiger partial charge in [-0.25, -0.2) is 4.79 Å². The smallest absolute Gasteiger partial charge is 0.295 e. The molecule has 0 atom stereocenters. The minimum absolute atomic E-state index is 0.152. The minimum Gasteiger partial charge on any atom is -0.295 e. The molecule has 0 saturated heterocycles. The molecule has 3 rings (SSSR count). The number of fused-ring (bicyclic) bond motifs is 1. The summed E-state index contributed by atoms with van der Waals surface area (Å²) in [6.45, 7) is 5.89. The molecule has 0 saturated carbocycles. The maximum Gasteiger partial charge on any atom is 0.333 e. The Bertz CT molecular complexity index is 895. The van der Waals surface area contributed by atoms with Gasteiger partial charge in [0, 0.05) is 12.7 Å². The summed E-state index contributed by atoms with van der Waals surface area (Å²) in [6, 6.07) is 11.0. The molecule has 22 heavy (non-hydrogen) atoms. The summed E-state index contributed by atoms with van der Waals surface area (Å²) in [6.07, 6.45) is 1.66. The van der Waals surface area contributed by atoms with Gasteiger partial charge in [-0.2, -0.15) is 5.26 Å². The van der Waals surface area contributed by atoms with Crippen LogP contribution in [0.25, 0.3) is 16.7 Å². The first-order valence-corrected chi connectivity index (χ1v) is 7.16. The summed E-state index contributed by atoms with van der Waals surface area (Å²) in [5, 5.41) is 9.01. The number of nitrogens with zero attached hydrogens (tertiary/aromatic N) is 4. The van der Waals surface area contributed by atoms with Crippen molar-refractivity contribution in [3.8, 4) is 11.8 Å². The first kappa shape index (κ1) is 15.5. The molecule has 0 aliphatic heterocycles. The van der Waals surface area contributed by atoms with Crippen molar-refractivity contribution in [3.63, 3.8) is 0 Å². The van der Waals surface area contributed by atoms with Gasteiger partial charge in [-0.15, -0.1) is 0 Å². The van der Waals surface area contributed by atoms with Gasteiger partial charge in [0.1, 0.15) is 0 Å². The van der Waals surface area contributed by atoms with E-state index in [2.05, 4.69) is 11.1 Å². The zero-order chi connectivity index (χ0) is 16.3. The summed E-state index contributed by atoms with van der Waals surface area (Å²) in [7, 11) is 1.72. The molecule has 0 spiro atoms. The van der Waals surface area contributed by atoms with E-state index >= 15 is 0 Å². The number of nitriles is 1. The van der Waals surface area contributed by atoms with Crippen molar-refractivity contribution in [2.75, 3.05) is 0 Å². The molecule has 5 nitrogen and oxygen atoms in total. The van der Waals surface area contributed by atoms with Gasteiger partial charge >= 0.3 is 5.69 Å². The molecule has 1 aromatic carbocycles. The van der Waals surface area contributed by atoms with E-state index in [0.717, 1.165) is 11.2 Å². The molecule has 0 fully saturated rings. The lowest BCUT2D eigenvalue weighted by atomic mass is 10.2. The van der Waals surface area contributed by atoms with Gasteiger partial charge in [0.25, 0.3) is 0 Å². The van der Waals surface area contributed by atoms with E-state index in [-0.39, 0.29) is 5.69 Å². The van der Waals surface area contributed by atoms with Crippen LogP contribution in [-0.2, 0) is 7.05 Å². The van der Waals surface area contributed by atoms with Gasteiger partial charge in [0.05, 0.1) is 34.6 Å². The average molecular weight is 294 g/mol. The zero-order valence-corrected chi connectivity index (χ0v) is 13.2. The van der Waals surface area contributed by atoms with Crippen LogP contribution in [0.4, 0.5) is 0 Å². The van der Waals surface area contributed by atoms with E-state index in [0.29, 0.717) is 16.8 Å². The molecule has 0 amide bonds. The second kappa shape index (κ2) is 6.27. The third kappa shape index (κ3) is 2.51. The number of aromatic nitrogens is 3. The van der Waals surface area contributed by atoms with Crippen LogP contribution < -0.4 is 5.69 Å². The minimum atomic E-state index is -0.152. The van der Waals surface area contributed by atoms with E-state index < -0.39 is 0 Å². The van der Waals surface area contributed by atoms with Crippen molar-refractivity contribution in [1.82, 2.24) is 14.1 Å². The average Bonchev–Trinajstić information content (AvgIpc) is 2.81. The highest BCUT2D eigenvalue weighted by Gasteiger charge is 2.12. The Morgan fingerprint density at radius 3 is 2.45 bits per heavy atom. The van der Waals surface area contributed by atoms with E-state index in [1.54, 1.807) is 40.6 Å². The number of benzene rings is 1. The molecule has 0 radical (unpaired) electrons. The quantitative estimate of drug-likeness (QED) is 0.693.